The van der Waals surface area contributed by atoms with Gasteiger partial charge in [0.1, 0.15) is 0 Å². The molecule has 0 aromatic heterocycles. The Morgan fingerprint density at radius 1 is 1.21 bits per heavy atom. The molecule has 1 aromatic carbocycles. The SMILES string of the molecule is CN1CC2CNCCN2c2ccc(C(C)(C)C)cc21. The van der Waals surface area contributed by atoms with Crippen LogP contribution in [0.2, 0.25) is 0 Å². The number of hydrogen-bond donors (Lipinski definition) is 1. The lowest BCUT2D eigenvalue weighted by atomic mass is 9.86. The van der Waals surface area contributed by atoms with E-state index in [0.717, 1.165) is 26.2 Å². The molecular formula is C16H25N3. The standard InChI is InChI=1S/C16H25N3/c1-16(2,3)12-5-6-14-15(9-12)18(4)11-13-10-17-7-8-19(13)14/h5-6,9,13,17H,7-8,10-11H2,1-4H3. The van der Waals surface area contributed by atoms with Crippen molar-refractivity contribution >= 4 is 11.4 Å². The fourth-order valence-electron chi connectivity index (χ4n) is 3.19. The predicted molar refractivity (Wildman–Crippen MR) is 82.4 cm³/mol. The summed E-state index contributed by atoms with van der Waals surface area (Å²) < 4.78 is 0. The highest BCUT2D eigenvalue weighted by atomic mass is 15.3. The summed E-state index contributed by atoms with van der Waals surface area (Å²) in [6.45, 7) is 11.3. The third-order valence-electron chi connectivity index (χ3n) is 4.40. The lowest BCUT2D eigenvalue weighted by molar-refractivity contribution is 0.465. The van der Waals surface area contributed by atoms with Gasteiger partial charge in [-0.2, -0.15) is 0 Å². The van der Waals surface area contributed by atoms with Crippen molar-refractivity contribution in [1.29, 1.82) is 0 Å². The summed E-state index contributed by atoms with van der Waals surface area (Å²) in [7, 11) is 2.22. The number of fused-ring (bicyclic) bond motifs is 3. The average molecular weight is 259 g/mol. The van der Waals surface area contributed by atoms with Crippen LogP contribution in [0.5, 0.6) is 0 Å². The van der Waals surface area contributed by atoms with Gasteiger partial charge in [0.25, 0.3) is 0 Å². The van der Waals surface area contributed by atoms with E-state index in [9.17, 15) is 0 Å². The molecule has 1 atom stereocenters. The minimum atomic E-state index is 0.218. The molecule has 1 unspecified atom stereocenters. The van der Waals surface area contributed by atoms with Gasteiger partial charge in [0.2, 0.25) is 0 Å². The molecule has 1 saturated heterocycles. The summed E-state index contributed by atoms with van der Waals surface area (Å²) in [5.41, 5.74) is 4.45. The molecule has 0 aliphatic carbocycles. The van der Waals surface area contributed by atoms with E-state index in [1.54, 1.807) is 0 Å². The van der Waals surface area contributed by atoms with Crippen LogP contribution in [0.25, 0.3) is 0 Å². The maximum atomic E-state index is 3.50. The highest BCUT2D eigenvalue weighted by molar-refractivity contribution is 5.75. The number of likely N-dealkylation sites (N-methyl/N-ethyl adjacent to an activating group) is 1. The summed E-state index contributed by atoms with van der Waals surface area (Å²) in [4.78, 5) is 5.00. The van der Waals surface area contributed by atoms with E-state index in [1.165, 1.54) is 16.9 Å². The minimum absolute atomic E-state index is 0.218. The molecule has 1 aromatic rings. The summed E-state index contributed by atoms with van der Waals surface area (Å²) in [5, 5.41) is 3.50. The molecule has 3 rings (SSSR count). The number of piperazine rings is 1. The van der Waals surface area contributed by atoms with Gasteiger partial charge < -0.3 is 15.1 Å². The molecule has 1 fully saturated rings. The van der Waals surface area contributed by atoms with E-state index in [2.05, 4.69) is 61.1 Å². The van der Waals surface area contributed by atoms with E-state index in [0.29, 0.717) is 6.04 Å². The first kappa shape index (κ1) is 12.8. The molecule has 19 heavy (non-hydrogen) atoms. The normalized spacial score (nSPS) is 23.1. The minimum Gasteiger partial charge on any atom is -0.371 e. The molecule has 0 spiro atoms. The van der Waals surface area contributed by atoms with Crippen LogP contribution in [0, 0.1) is 0 Å². The lowest BCUT2D eigenvalue weighted by Gasteiger charge is -2.46. The molecule has 0 amide bonds. The Morgan fingerprint density at radius 3 is 2.74 bits per heavy atom. The van der Waals surface area contributed by atoms with Crippen molar-refractivity contribution < 1.29 is 0 Å². The molecule has 2 aliphatic rings. The van der Waals surface area contributed by atoms with Crippen molar-refractivity contribution in [3.8, 4) is 0 Å². The second-order valence-electron chi connectivity index (χ2n) is 6.89. The average Bonchev–Trinajstić information content (AvgIpc) is 2.37. The van der Waals surface area contributed by atoms with Gasteiger partial charge in [0, 0.05) is 33.2 Å². The molecule has 1 N–H and O–H groups in total. The molecule has 3 nitrogen and oxygen atoms in total. The Kier molecular flexibility index (Phi) is 2.97. The van der Waals surface area contributed by atoms with Gasteiger partial charge in [0.05, 0.1) is 17.4 Å². The third kappa shape index (κ3) is 2.20. The fourth-order valence-corrected chi connectivity index (χ4v) is 3.19. The second-order valence-corrected chi connectivity index (χ2v) is 6.89. The number of rotatable bonds is 0. The number of benzene rings is 1. The molecule has 2 aliphatic heterocycles. The molecule has 3 heteroatoms. The van der Waals surface area contributed by atoms with Crippen LogP contribution < -0.4 is 15.1 Å². The molecule has 0 saturated carbocycles. The second kappa shape index (κ2) is 4.41. The summed E-state index contributed by atoms with van der Waals surface area (Å²) in [6.07, 6.45) is 0. The monoisotopic (exact) mass is 259 g/mol. The van der Waals surface area contributed by atoms with Gasteiger partial charge in [-0.15, -0.1) is 0 Å². The maximum absolute atomic E-state index is 3.50. The highest BCUT2D eigenvalue weighted by Gasteiger charge is 2.31. The van der Waals surface area contributed by atoms with Crippen LogP contribution in [0.3, 0.4) is 0 Å². The smallest absolute Gasteiger partial charge is 0.0608 e. The predicted octanol–water partition coefficient (Wildman–Crippen LogP) is 2.21. The largest absolute Gasteiger partial charge is 0.371 e. The van der Waals surface area contributed by atoms with Crippen molar-refractivity contribution in [2.24, 2.45) is 0 Å². The van der Waals surface area contributed by atoms with E-state index >= 15 is 0 Å². The van der Waals surface area contributed by atoms with Crippen molar-refractivity contribution in [3.63, 3.8) is 0 Å². The van der Waals surface area contributed by atoms with E-state index < -0.39 is 0 Å². The zero-order valence-electron chi connectivity index (χ0n) is 12.5. The number of nitrogens with zero attached hydrogens (tertiary/aromatic N) is 2. The molecule has 104 valence electrons. The van der Waals surface area contributed by atoms with E-state index in [-0.39, 0.29) is 5.41 Å². The highest BCUT2D eigenvalue weighted by Crippen LogP contribution is 2.38. The van der Waals surface area contributed by atoms with Crippen molar-refractivity contribution in [2.45, 2.75) is 32.2 Å². The quantitative estimate of drug-likeness (QED) is 0.770. The Labute approximate surface area is 116 Å². The lowest BCUT2D eigenvalue weighted by Crippen LogP contribution is -2.58. The Hall–Kier alpha value is -1.22. The third-order valence-corrected chi connectivity index (χ3v) is 4.40. The van der Waals surface area contributed by atoms with Gasteiger partial charge in [-0.25, -0.2) is 0 Å². The Balaban J connectivity index is 2.02. The zero-order chi connectivity index (χ0) is 13.6. The summed E-state index contributed by atoms with van der Waals surface area (Å²) in [5.74, 6) is 0. The number of hydrogen-bond acceptors (Lipinski definition) is 3. The van der Waals surface area contributed by atoms with Crippen LogP contribution >= 0.6 is 0 Å². The first-order valence-electron chi connectivity index (χ1n) is 7.30. The Bertz CT molecular complexity index is 475. The van der Waals surface area contributed by atoms with Crippen LogP contribution in [0.15, 0.2) is 18.2 Å². The van der Waals surface area contributed by atoms with Crippen LogP contribution in [-0.2, 0) is 5.41 Å². The van der Waals surface area contributed by atoms with Gasteiger partial charge in [-0.05, 0) is 23.1 Å². The van der Waals surface area contributed by atoms with Gasteiger partial charge in [0.15, 0.2) is 0 Å². The maximum Gasteiger partial charge on any atom is 0.0608 e. The molecule has 2 heterocycles. The van der Waals surface area contributed by atoms with Crippen LogP contribution in [-0.4, -0.2) is 39.3 Å². The molecule has 0 bridgehead atoms. The number of anilines is 2. The van der Waals surface area contributed by atoms with Gasteiger partial charge >= 0.3 is 0 Å². The van der Waals surface area contributed by atoms with Crippen LogP contribution in [0.4, 0.5) is 11.4 Å². The summed E-state index contributed by atoms with van der Waals surface area (Å²) >= 11 is 0. The van der Waals surface area contributed by atoms with Crippen molar-refractivity contribution in [2.75, 3.05) is 43.0 Å². The fraction of sp³-hybridized carbons (Fsp3) is 0.625. The van der Waals surface area contributed by atoms with Gasteiger partial charge in [-0.1, -0.05) is 26.8 Å². The summed E-state index contributed by atoms with van der Waals surface area (Å²) in [6, 6.07) is 7.63. The van der Waals surface area contributed by atoms with Crippen LogP contribution in [0.1, 0.15) is 26.3 Å². The van der Waals surface area contributed by atoms with Crippen molar-refractivity contribution in [1.82, 2.24) is 5.32 Å². The van der Waals surface area contributed by atoms with E-state index in [1.807, 2.05) is 0 Å². The number of nitrogens with one attached hydrogen (secondary N) is 1. The van der Waals surface area contributed by atoms with E-state index in [4.69, 9.17) is 0 Å². The van der Waals surface area contributed by atoms with Gasteiger partial charge in [-0.3, -0.25) is 0 Å². The first-order chi connectivity index (χ1) is 8.97. The molecule has 0 radical (unpaired) electrons. The van der Waals surface area contributed by atoms with Crippen molar-refractivity contribution in [3.05, 3.63) is 23.8 Å². The Morgan fingerprint density at radius 2 is 2.00 bits per heavy atom. The topological polar surface area (TPSA) is 18.5 Å². The molecular weight excluding hydrogens is 234 g/mol. The zero-order valence-corrected chi connectivity index (χ0v) is 12.5. The first-order valence-corrected chi connectivity index (χ1v) is 7.30.